The second-order valence-corrected chi connectivity index (χ2v) is 4.82. The normalized spacial score (nSPS) is 12.0. The number of aromatic nitrogens is 3. The zero-order valence-corrected chi connectivity index (χ0v) is 12.6. The summed E-state index contributed by atoms with van der Waals surface area (Å²) in [5.74, 6) is -1.85. The molecule has 0 aliphatic rings. The van der Waals surface area contributed by atoms with E-state index in [0.29, 0.717) is 17.0 Å². The molecule has 0 radical (unpaired) electrons. The molecular weight excluding hydrogens is 287 g/mol. The van der Waals surface area contributed by atoms with Crippen molar-refractivity contribution in [3.8, 4) is 11.1 Å². The van der Waals surface area contributed by atoms with Gasteiger partial charge < -0.3 is 10.5 Å². The number of esters is 1. The third-order valence-corrected chi connectivity index (χ3v) is 3.20. The molecule has 0 bridgehead atoms. The average Bonchev–Trinajstić information content (AvgIpc) is 2.46. The van der Waals surface area contributed by atoms with E-state index in [-0.39, 0.29) is 17.9 Å². The van der Waals surface area contributed by atoms with Gasteiger partial charge in [-0.25, -0.2) is 4.98 Å². The van der Waals surface area contributed by atoms with Gasteiger partial charge in [-0.3, -0.25) is 4.79 Å². The van der Waals surface area contributed by atoms with Crippen molar-refractivity contribution >= 4 is 11.7 Å². The maximum Gasteiger partial charge on any atom is 0.314 e. The first kappa shape index (κ1) is 15.8. The third-order valence-electron chi connectivity index (χ3n) is 3.20. The molecule has 2 rings (SSSR count). The highest BCUT2D eigenvalue weighted by atomic mass is 19.1. The van der Waals surface area contributed by atoms with E-state index in [0.717, 1.165) is 0 Å². The van der Waals surface area contributed by atoms with Crippen LogP contribution in [-0.2, 0) is 9.53 Å². The standard InChI is InChI=1S/C15H17FN4O2/c1-4-22-15(21)9(3)13-10(5-6-18-20-13)12-11(17)7-8(2)19-14(12)16/h5-7,9H,4H2,1-3H3,(H2,17,19). The monoisotopic (exact) mass is 304 g/mol. The molecule has 1 atom stereocenters. The Morgan fingerprint density at radius 2 is 2.23 bits per heavy atom. The largest absolute Gasteiger partial charge is 0.465 e. The van der Waals surface area contributed by atoms with Crippen molar-refractivity contribution in [3.05, 3.63) is 35.7 Å². The number of carbonyl (C=O) groups is 1. The van der Waals surface area contributed by atoms with Crippen LogP contribution in [0.4, 0.5) is 10.1 Å². The minimum absolute atomic E-state index is 0.117. The van der Waals surface area contributed by atoms with E-state index < -0.39 is 17.8 Å². The number of halogens is 1. The van der Waals surface area contributed by atoms with Crippen molar-refractivity contribution < 1.29 is 13.9 Å². The van der Waals surface area contributed by atoms with Gasteiger partial charge in [-0.1, -0.05) is 0 Å². The Labute approximate surface area is 127 Å². The quantitative estimate of drug-likeness (QED) is 0.688. The van der Waals surface area contributed by atoms with E-state index in [2.05, 4.69) is 15.2 Å². The van der Waals surface area contributed by atoms with Crippen molar-refractivity contribution in [3.63, 3.8) is 0 Å². The molecule has 2 aromatic rings. The van der Waals surface area contributed by atoms with Crippen LogP contribution in [0.5, 0.6) is 0 Å². The van der Waals surface area contributed by atoms with E-state index in [9.17, 15) is 9.18 Å². The van der Waals surface area contributed by atoms with Crippen molar-refractivity contribution in [1.82, 2.24) is 15.2 Å². The highest BCUT2D eigenvalue weighted by Crippen LogP contribution is 2.33. The number of hydrogen-bond acceptors (Lipinski definition) is 6. The third kappa shape index (κ3) is 3.03. The fourth-order valence-electron chi connectivity index (χ4n) is 2.18. The molecule has 0 amide bonds. The second-order valence-electron chi connectivity index (χ2n) is 4.82. The van der Waals surface area contributed by atoms with Gasteiger partial charge in [0.1, 0.15) is 0 Å². The highest BCUT2D eigenvalue weighted by Gasteiger charge is 2.25. The van der Waals surface area contributed by atoms with Gasteiger partial charge in [-0.15, -0.1) is 0 Å². The summed E-state index contributed by atoms with van der Waals surface area (Å²) >= 11 is 0. The number of ether oxygens (including phenoxy) is 1. The Morgan fingerprint density at radius 3 is 2.86 bits per heavy atom. The molecule has 116 valence electrons. The van der Waals surface area contributed by atoms with Gasteiger partial charge in [0.05, 0.1) is 30.0 Å². The van der Waals surface area contributed by atoms with E-state index in [1.54, 1.807) is 32.9 Å². The molecule has 2 heterocycles. The lowest BCUT2D eigenvalue weighted by atomic mass is 9.97. The highest BCUT2D eigenvalue weighted by molar-refractivity contribution is 5.84. The number of nitrogen functional groups attached to an aromatic ring is 1. The first-order valence-corrected chi connectivity index (χ1v) is 6.86. The van der Waals surface area contributed by atoms with E-state index in [1.807, 2.05) is 0 Å². The number of carbonyl (C=O) groups excluding carboxylic acids is 1. The minimum Gasteiger partial charge on any atom is -0.465 e. The zero-order valence-electron chi connectivity index (χ0n) is 12.6. The second kappa shape index (κ2) is 6.46. The number of rotatable bonds is 4. The Hall–Kier alpha value is -2.57. The van der Waals surface area contributed by atoms with Crippen LogP contribution in [0, 0.1) is 12.9 Å². The van der Waals surface area contributed by atoms with Crippen LogP contribution in [0.2, 0.25) is 0 Å². The van der Waals surface area contributed by atoms with Gasteiger partial charge in [0, 0.05) is 16.9 Å². The van der Waals surface area contributed by atoms with Gasteiger partial charge in [0.25, 0.3) is 0 Å². The van der Waals surface area contributed by atoms with Crippen LogP contribution in [0.15, 0.2) is 18.3 Å². The van der Waals surface area contributed by atoms with E-state index in [4.69, 9.17) is 10.5 Å². The maximum absolute atomic E-state index is 14.2. The molecule has 2 aromatic heterocycles. The van der Waals surface area contributed by atoms with Gasteiger partial charge in [-0.05, 0) is 32.9 Å². The Bertz CT molecular complexity index is 683. The molecule has 22 heavy (non-hydrogen) atoms. The molecule has 6 nitrogen and oxygen atoms in total. The van der Waals surface area contributed by atoms with Gasteiger partial charge >= 0.3 is 5.97 Å². The molecule has 0 fully saturated rings. The average molecular weight is 304 g/mol. The van der Waals surface area contributed by atoms with Crippen LogP contribution in [0.1, 0.15) is 31.2 Å². The summed E-state index contributed by atoms with van der Waals surface area (Å²) in [5.41, 5.74) is 7.43. The number of nitrogens with zero attached hydrogens (tertiary/aromatic N) is 3. The Morgan fingerprint density at radius 1 is 1.50 bits per heavy atom. The predicted molar refractivity (Wildman–Crippen MR) is 79.4 cm³/mol. The van der Waals surface area contributed by atoms with Crippen molar-refractivity contribution in [2.24, 2.45) is 0 Å². The zero-order chi connectivity index (χ0) is 16.3. The Kier molecular flexibility index (Phi) is 4.65. The molecule has 0 spiro atoms. The number of anilines is 1. The molecule has 7 heteroatoms. The van der Waals surface area contributed by atoms with Gasteiger partial charge in [0.15, 0.2) is 0 Å². The maximum atomic E-state index is 14.2. The van der Waals surface area contributed by atoms with E-state index >= 15 is 0 Å². The van der Waals surface area contributed by atoms with Gasteiger partial charge in [-0.2, -0.15) is 14.6 Å². The fraction of sp³-hybridized carbons (Fsp3) is 0.333. The summed E-state index contributed by atoms with van der Waals surface area (Å²) < 4.78 is 19.2. The lowest BCUT2D eigenvalue weighted by molar-refractivity contribution is -0.144. The van der Waals surface area contributed by atoms with Crippen molar-refractivity contribution in [2.75, 3.05) is 12.3 Å². The summed E-state index contributed by atoms with van der Waals surface area (Å²) in [7, 11) is 0. The summed E-state index contributed by atoms with van der Waals surface area (Å²) in [6.07, 6.45) is 1.41. The molecule has 0 saturated heterocycles. The lowest BCUT2D eigenvalue weighted by Gasteiger charge is -2.15. The van der Waals surface area contributed by atoms with Gasteiger partial charge in [0.2, 0.25) is 5.95 Å². The number of nitrogens with two attached hydrogens (primary N) is 1. The molecule has 0 aliphatic carbocycles. The number of pyridine rings is 1. The summed E-state index contributed by atoms with van der Waals surface area (Å²) in [6.45, 7) is 5.24. The molecule has 1 unspecified atom stereocenters. The van der Waals surface area contributed by atoms with E-state index in [1.165, 1.54) is 6.20 Å². The lowest BCUT2D eigenvalue weighted by Crippen LogP contribution is -2.16. The summed E-state index contributed by atoms with van der Waals surface area (Å²) in [4.78, 5) is 15.7. The molecule has 0 aromatic carbocycles. The van der Waals surface area contributed by atoms with Crippen LogP contribution >= 0.6 is 0 Å². The smallest absolute Gasteiger partial charge is 0.314 e. The van der Waals surface area contributed by atoms with Crippen LogP contribution < -0.4 is 5.73 Å². The molecule has 2 N–H and O–H groups in total. The van der Waals surface area contributed by atoms with Crippen LogP contribution in [0.25, 0.3) is 11.1 Å². The topological polar surface area (TPSA) is 91.0 Å². The SMILES string of the molecule is CCOC(=O)C(C)c1nnccc1-c1c(N)cc(C)nc1F. The summed E-state index contributed by atoms with van der Waals surface area (Å²) in [6, 6.07) is 3.13. The number of hydrogen-bond donors (Lipinski definition) is 1. The first-order valence-electron chi connectivity index (χ1n) is 6.86. The van der Waals surface area contributed by atoms with Crippen LogP contribution in [0.3, 0.4) is 0 Å². The molecule has 0 saturated carbocycles. The first-order chi connectivity index (χ1) is 10.5. The number of aryl methyl sites for hydroxylation is 1. The predicted octanol–water partition coefficient (Wildman–Crippen LogP) is 2.23. The van der Waals surface area contributed by atoms with Crippen LogP contribution in [-0.4, -0.2) is 27.8 Å². The minimum atomic E-state index is -0.706. The summed E-state index contributed by atoms with van der Waals surface area (Å²) in [5, 5.41) is 7.73. The Balaban J connectivity index is 2.57. The molecule has 0 aliphatic heterocycles. The molecular formula is C15H17FN4O2. The van der Waals surface area contributed by atoms with Crippen molar-refractivity contribution in [2.45, 2.75) is 26.7 Å². The van der Waals surface area contributed by atoms with Crippen molar-refractivity contribution in [1.29, 1.82) is 0 Å². The fourth-order valence-corrected chi connectivity index (χ4v) is 2.18.